The van der Waals surface area contributed by atoms with Gasteiger partial charge in [0.1, 0.15) is 5.75 Å². The van der Waals surface area contributed by atoms with Gasteiger partial charge in [-0.1, -0.05) is 12.1 Å². The monoisotopic (exact) mass is 190 g/mol. The van der Waals surface area contributed by atoms with Crippen molar-refractivity contribution in [2.45, 2.75) is 13.0 Å². The smallest absolute Gasteiger partial charge is 0.118 e. The zero-order valence-corrected chi connectivity index (χ0v) is 8.57. The third kappa shape index (κ3) is 2.26. The second-order valence-electron chi connectivity index (χ2n) is 3.66. The van der Waals surface area contributed by atoms with Crippen molar-refractivity contribution in [1.82, 2.24) is 4.90 Å². The van der Waals surface area contributed by atoms with Gasteiger partial charge in [-0.15, -0.1) is 0 Å². The van der Waals surface area contributed by atoms with Gasteiger partial charge in [-0.2, -0.15) is 0 Å². The predicted molar refractivity (Wildman–Crippen MR) is 57.2 cm³/mol. The van der Waals surface area contributed by atoms with E-state index in [4.69, 9.17) is 4.74 Å². The first-order valence-corrected chi connectivity index (χ1v) is 5.05. The maximum Gasteiger partial charge on any atom is 0.118 e. The maximum atomic E-state index is 5.12. The van der Waals surface area contributed by atoms with Gasteiger partial charge in [0, 0.05) is 13.1 Å². The van der Waals surface area contributed by atoms with Gasteiger partial charge >= 0.3 is 0 Å². The molecule has 0 bridgehead atoms. The van der Waals surface area contributed by atoms with Crippen molar-refractivity contribution in [2.24, 2.45) is 0 Å². The predicted octanol–water partition coefficient (Wildman–Crippen LogP) is 2.11. The molecule has 1 heterocycles. The molecule has 0 spiro atoms. The quantitative estimate of drug-likeness (QED) is 0.723. The second-order valence-corrected chi connectivity index (χ2v) is 3.66. The number of rotatable bonds is 3. The number of methoxy groups -OCH3 is 1. The van der Waals surface area contributed by atoms with E-state index in [1.165, 1.54) is 18.5 Å². The highest BCUT2D eigenvalue weighted by Gasteiger charge is 2.11. The molecule has 2 heteroatoms. The SMILES string of the molecule is COc1ccc(CN2C[CH]CC2)cc1. The molecule has 75 valence electrons. The average Bonchev–Trinajstić information content (AvgIpc) is 2.72. The maximum absolute atomic E-state index is 5.12. The molecular weight excluding hydrogens is 174 g/mol. The molecule has 1 aromatic carbocycles. The van der Waals surface area contributed by atoms with E-state index >= 15 is 0 Å². The van der Waals surface area contributed by atoms with E-state index in [1.807, 2.05) is 12.1 Å². The fourth-order valence-corrected chi connectivity index (χ4v) is 1.77. The van der Waals surface area contributed by atoms with Crippen LogP contribution in [-0.2, 0) is 6.54 Å². The highest BCUT2D eigenvalue weighted by Crippen LogP contribution is 2.15. The molecule has 0 unspecified atom stereocenters. The highest BCUT2D eigenvalue weighted by molar-refractivity contribution is 5.27. The summed E-state index contributed by atoms with van der Waals surface area (Å²) in [4.78, 5) is 2.45. The summed E-state index contributed by atoms with van der Waals surface area (Å²) in [6.45, 7) is 3.39. The van der Waals surface area contributed by atoms with Gasteiger partial charge in [0.25, 0.3) is 0 Å². The van der Waals surface area contributed by atoms with Crippen molar-refractivity contribution in [2.75, 3.05) is 20.2 Å². The molecule has 2 nitrogen and oxygen atoms in total. The lowest BCUT2D eigenvalue weighted by atomic mass is 10.2. The van der Waals surface area contributed by atoms with Gasteiger partial charge in [-0.05, 0) is 37.1 Å². The van der Waals surface area contributed by atoms with E-state index in [0.29, 0.717) is 0 Å². The summed E-state index contributed by atoms with van der Waals surface area (Å²) in [6, 6.07) is 8.32. The Bertz CT molecular complexity index is 275. The Labute approximate surface area is 85.5 Å². The van der Waals surface area contributed by atoms with Crippen LogP contribution in [-0.4, -0.2) is 25.1 Å². The van der Waals surface area contributed by atoms with Crippen molar-refractivity contribution in [1.29, 1.82) is 0 Å². The van der Waals surface area contributed by atoms with Crippen LogP contribution >= 0.6 is 0 Å². The van der Waals surface area contributed by atoms with Crippen LogP contribution in [0.4, 0.5) is 0 Å². The Morgan fingerprint density at radius 2 is 2.07 bits per heavy atom. The summed E-state index contributed by atoms with van der Waals surface area (Å²) in [5, 5.41) is 0. The summed E-state index contributed by atoms with van der Waals surface area (Å²) in [5.74, 6) is 0.932. The molecule has 0 saturated carbocycles. The fourth-order valence-electron chi connectivity index (χ4n) is 1.77. The summed E-state index contributed by atoms with van der Waals surface area (Å²) < 4.78 is 5.12. The minimum Gasteiger partial charge on any atom is -0.497 e. The van der Waals surface area contributed by atoms with Gasteiger partial charge in [0.15, 0.2) is 0 Å². The molecule has 1 aliphatic rings. The number of benzene rings is 1. The van der Waals surface area contributed by atoms with Crippen LogP contribution in [0.25, 0.3) is 0 Å². The van der Waals surface area contributed by atoms with Crippen LogP contribution in [0.2, 0.25) is 0 Å². The van der Waals surface area contributed by atoms with Crippen molar-refractivity contribution < 1.29 is 4.74 Å². The third-order valence-electron chi connectivity index (χ3n) is 2.60. The van der Waals surface area contributed by atoms with E-state index in [2.05, 4.69) is 23.5 Å². The summed E-state index contributed by atoms with van der Waals surface area (Å²) in [7, 11) is 1.70. The van der Waals surface area contributed by atoms with Crippen molar-refractivity contribution in [3.05, 3.63) is 36.2 Å². The highest BCUT2D eigenvalue weighted by atomic mass is 16.5. The Balaban J connectivity index is 1.95. The van der Waals surface area contributed by atoms with Crippen LogP contribution in [0, 0.1) is 6.42 Å². The molecule has 14 heavy (non-hydrogen) atoms. The van der Waals surface area contributed by atoms with Crippen molar-refractivity contribution in [3.63, 3.8) is 0 Å². The molecule has 0 aliphatic carbocycles. The summed E-state index contributed by atoms with van der Waals surface area (Å²) >= 11 is 0. The number of likely N-dealkylation sites (tertiary alicyclic amines) is 1. The number of hydrogen-bond acceptors (Lipinski definition) is 2. The molecule has 0 amide bonds. The van der Waals surface area contributed by atoms with E-state index < -0.39 is 0 Å². The largest absolute Gasteiger partial charge is 0.497 e. The van der Waals surface area contributed by atoms with Crippen LogP contribution in [0.15, 0.2) is 24.3 Å². The Morgan fingerprint density at radius 1 is 1.29 bits per heavy atom. The molecule has 1 radical (unpaired) electrons. The van der Waals surface area contributed by atoms with Crippen molar-refractivity contribution in [3.8, 4) is 5.75 Å². The van der Waals surface area contributed by atoms with Crippen molar-refractivity contribution >= 4 is 0 Å². The topological polar surface area (TPSA) is 12.5 Å². The van der Waals surface area contributed by atoms with Crippen LogP contribution in [0.1, 0.15) is 12.0 Å². The second kappa shape index (κ2) is 4.47. The summed E-state index contributed by atoms with van der Waals surface area (Å²) in [5.41, 5.74) is 1.36. The van der Waals surface area contributed by atoms with Crippen LogP contribution in [0.5, 0.6) is 5.75 Å². The van der Waals surface area contributed by atoms with Gasteiger partial charge in [0.2, 0.25) is 0 Å². The molecule has 0 atom stereocenters. The summed E-state index contributed by atoms with van der Waals surface area (Å²) in [6.07, 6.45) is 3.57. The van der Waals surface area contributed by atoms with Gasteiger partial charge in [0.05, 0.1) is 7.11 Å². The van der Waals surface area contributed by atoms with E-state index in [1.54, 1.807) is 7.11 Å². The first kappa shape index (κ1) is 9.53. The Hall–Kier alpha value is -1.02. The molecule has 1 saturated heterocycles. The van der Waals surface area contributed by atoms with Gasteiger partial charge in [-0.3, -0.25) is 4.90 Å². The Kier molecular flexibility index (Phi) is 3.04. The molecule has 1 aliphatic heterocycles. The Morgan fingerprint density at radius 3 is 2.64 bits per heavy atom. The molecule has 2 rings (SSSR count). The minimum atomic E-state index is 0.932. The fraction of sp³-hybridized carbons (Fsp3) is 0.417. The zero-order chi connectivity index (χ0) is 9.80. The zero-order valence-electron chi connectivity index (χ0n) is 8.57. The minimum absolute atomic E-state index is 0.932. The standard InChI is InChI=1S/C12H16NO/c1-14-12-6-4-11(5-7-12)10-13-8-2-3-9-13/h2,4-7H,3,8-10H2,1H3. The normalized spacial score (nSPS) is 17.2. The molecule has 0 aromatic heterocycles. The van der Waals surface area contributed by atoms with E-state index in [-0.39, 0.29) is 0 Å². The average molecular weight is 190 g/mol. The lowest BCUT2D eigenvalue weighted by Crippen LogP contribution is -2.18. The molecule has 1 fully saturated rings. The molecular formula is C12H16NO. The first-order valence-electron chi connectivity index (χ1n) is 5.05. The van der Waals surface area contributed by atoms with Gasteiger partial charge < -0.3 is 4.74 Å². The lowest BCUT2D eigenvalue weighted by molar-refractivity contribution is 0.336. The number of hydrogen-bond donors (Lipinski definition) is 0. The van der Waals surface area contributed by atoms with Crippen LogP contribution in [0.3, 0.4) is 0 Å². The molecule has 1 aromatic rings. The lowest BCUT2D eigenvalue weighted by Gasteiger charge is -2.14. The number of nitrogens with zero attached hydrogens (tertiary/aromatic N) is 1. The molecule has 0 N–H and O–H groups in total. The first-order chi connectivity index (χ1) is 6.88. The van der Waals surface area contributed by atoms with Crippen LogP contribution < -0.4 is 4.74 Å². The van der Waals surface area contributed by atoms with E-state index in [0.717, 1.165) is 18.8 Å². The third-order valence-corrected chi connectivity index (χ3v) is 2.60. The van der Waals surface area contributed by atoms with E-state index in [9.17, 15) is 0 Å². The van der Waals surface area contributed by atoms with Gasteiger partial charge in [-0.25, -0.2) is 0 Å². The number of ether oxygens (including phenoxy) is 1.